The standard InChI is InChI=1S/C14H21ClN2O/c1-14(2)11-16-7-8-17(14)9-10-18-13-5-3-12(15)4-6-13/h3-6,16H,7-11H2,1-2H3. The van der Waals surface area contributed by atoms with Gasteiger partial charge in [0.2, 0.25) is 0 Å². The number of hydrogen-bond donors (Lipinski definition) is 1. The molecule has 0 spiro atoms. The van der Waals surface area contributed by atoms with Crippen LogP contribution in [0.5, 0.6) is 5.75 Å². The summed E-state index contributed by atoms with van der Waals surface area (Å²) in [7, 11) is 0. The smallest absolute Gasteiger partial charge is 0.119 e. The van der Waals surface area contributed by atoms with Gasteiger partial charge in [-0.3, -0.25) is 4.90 Å². The number of halogens is 1. The number of nitrogens with one attached hydrogen (secondary N) is 1. The molecule has 1 aromatic rings. The Morgan fingerprint density at radius 3 is 2.72 bits per heavy atom. The van der Waals surface area contributed by atoms with E-state index in [1.807, 2.05) is 24.3 Å². The molecule has 0 unspecified atom stereocenters. The van der Waals surface area contributed by atoms with Crippen molar-refractivity contribution in [3.63, 3.8) is 0 Å². The third-order valence-corrected chi connectivity index (χ3v) is 3.67. The SMILES string of the molecule is CC1(C)CNCCN1CCOc1ccc(Cl)cc1. The van der Waals surface area contributed by atoms with Crippen molar-refractivity contribution in [2.24, 2.45) is 0 Å². The summed E-state index contributed by atoms with van der Waals surface area (Å²) in [6.07, 6.45) is 0. The van der Waals surface area contributed by atoms with Gasteiger partial charge < -0.3 is 10.1 Å². The van der Waals surface area contributed by atoms with Gasteiger partial charge in [0, 0.05) is 36.7 Å². The topological polar surface area (TPSA) is 24.5 Å². The van der Waals surface area contributed by atoms with Crippen LogP contribution in [0.2, 0.25) is 5.02 Å². The summed E-state index contributed by atoms with van der Waals surface area (Å²) in [6.45, 7) is 9.38. The van der Waals surface area contributed by atoms with Gasteiger partial charge in [0.15, 0.2) is 0 Å². The first-order chi connectivity index (χ1) is 8.58. The van der Waals surface area contributed by atoms with Crippen molar-refractivity contribution in [3.05, 3.63) is 29.3 Å². The molecule has 2 rings (SSSR count). The zero-order valence-electron chi connectivity index (χ0n) is 11.1. The molecule has 1 N–H and O–H groups in total. The quantitative estimate of drug-likeness (QED) is 0.908. The van der Waals surface area contributed by atoms with Crippen LogP contribution in [0.25, 0.3) is 0 Å². The Hall–Kier alpha value is -0.770. The Morgan fingerprint density at radius 1 is 1.33 bits per heavy atom. The molecule has 1 heterocycles. The second-order valence-corrected chi connectivity index (χ2v) is 5.72. The van der Waals surface area contributed by atoms with Crippen LogP contribution in [0.3, 0.4) is 0 Å². The third kappa shape index (κ3) is 3.61. The van der Waals surface area contributed by atoms with Crippen molar-refractivity contribution in [1.29, 1.82) is 0 Å². The number of benzene rings is 1. The molecule has 1 fully saturated rings. The minimum atomic E-state index is 0.210. The predicted molar refractivity (Wildman–Crippen MR) is 75.5 cm³/mol. The monoisotopic (exact) mass is 268 g/mol. The number of nitrogens with zero attached hydrogens (tertiary/aromatic N) is 1. The summed E-state index contributed by atoms with van der Waals surface area (Å²) in [5.41, 5.74) is 0.210. The lowest BCUT2D eigenvalue weighted by Gasteiger charge is -2.42. The molecule has 0 bridgehead atoms. The van der Waals surface area contributed by atoms with E-state index in [1.165, 1.54) is 0 Å². The lowest BCUT2D eigenvalue weighted by molar-refractivity contribution is 0.0744. The Kier molecular flexibility index (Phi) is 4.49. The van der Waals surface area contributed by atoms with E-state index in [0.717, 1.165) is 37.0 Å². The van der Waals surface area contributed by atoms with E-state index in [0.29, 0.717) is 6.61 Å². The highest BCUT2D eigenvalue weighted by Gasteiger charge is 2.28. The van der Waals surface area contributed by atoms with Crippen molar-refractivity contribution in [3.8, 4) is 5.75 Å². The van der Waals surface area contributed by atoms with E-state index in [4.69, 9.17) is 16.3 Å². The van der Waals surface area contributed by atoms with Crippen molar-refractivity contribution < 1.29 is 4.74 Å². The summed E-state index contributed by atoms with van der Waals surface area (Å²) in [5.74, 6) is 0.882. The Bertz CT molecular complexity index is 378. The minimum absolute atomic E-state index is 0.210. The first kappa shape index (κ1) is 13.7. The molecule has 0 saturated carbocycles. The fraction of sp³-hybridized carbons (Fsp3) is 0.571. The Morgan fingerprint density at radius 2 is 2.06 bits per heavy atom. The highest BCUT2D eigenvalue weighted by Crippen LogP contribution is 2.17. The van der Waals surface area contributed by atoms with Crippen molar-refractivity contribution in [2.45, 2.75) is 19.4 Å². The van der Waals surface area contributed by atoms with E-state index >= 15 is 0 Å². The molecule has 4 heteroatoms. The van der Waals surface area contributed by atoms with Crippen LogP contribution in [0, 0.1) is 0 Å². The molecule has 0 amide bonds. The molecule has 100 valence electrons. The van der Waals surface area contributed by atoms with Gasteiger partial charge in [-0.2, -0.15) is 0 Å². The van der Waals surface area contributed by atoms with E-state index in [-0.39, 0.29) is 5.54 Å². The maximum atomic E-state index is 5.83. The second-order valence-electron chi connectivity index (χ2n) is 5.28. The van der Waals surface area contributed by atoms with Gasteiger partial charge in [-0.1, -0.05) is 11.6 Å². The van der Waals surface area contributed by atoms with Gasteiger partial charge in [0.25, 0.3) is 0 Å². The average molecular weight is 269 g/mol. The lowest BCUT2D eigenvalue weighted by atomic mass is 10.0. The fourth-order valence-corrected chi connectivity index (χ4v) is 2.37. The average Bonchev–Trinajstić information content (AvgIpc) is 2.33. The van der Waals surface area contributed by atoms with E-state index < -0.39 is 0 Å². The first-order valence-corrected chi connectivity index (χ1v) is 6.80. The molecular formula is C14H21ClN2O. The van der Waals surface area contributed by atoms with Crippen LogP contribution in [-0.4, -0.2) is 43.2 Å². The maximum absolute atomic E-state index is 5.83. The number of ether oxygens (including phenoxy) is 1. The van der Waals surface area contributed by atoms with Crippen molar-refractivity contribution in [2.75, 3.05) is 32.8 Å². The van der Waals surface area contributed by atoms with E-state index in [2.05, 4.69) is 24.1 Å². The molecule has 3 nitrogen and oxygen atoms in total. The van der Waals surface area contributed by atoms with Crippen LogP contribution in [0.15, 0.2) is 24.3 Å². The van der Waals surface area contributed by atoms with Gasteiger partial charge in [0.05, 0.1) is 0 Å². The van der Waals surface area contributed by atoms with Crippen LogP contribution in [-0.2, 0) is 0 Å². The van der Waals surface area contributed by atoms with Gasteiger partial charge >= 0.3 is 0 Å². The summed E-state index contributed by atoms with van der Waals surface area (Å²) in [4.78, 5) is 2.47. The molecule has 0 aliphatic carbocycles. The van der Waals surface area contributed by atoms with Gasteiger partial charge in [-0.25, -0.2) is 0 Å². The van der Waals surface area contributed by atoms with E-state index in [1.54, 1.807) is 0 Å². The maximum Gasteiger partial charge on any atom is 0.119 e. The summed E-state index contributed by atoms with van der Waals surface area (Å²) in [5, 5.41) is 4.16. The van der Waals surface area contributed by atoms with E-state index in [9.17, 15) is 0 Å². The van der Waals surface area contributed by atoms with Gasteiger partial charge in [-0.15, -0.1) is 0 Å². The summed E-state index contributed by atoms with van der Waals surface area (Å²) >= 11 is 5.83. The minimum Gasteiger partial charge on any atom is -0.492 e. The molecular weight excluding hydrogens is 248 g/mol. The third-order valence-electron chi connectivity index (χ3n) is 3.42. The summed E-state index contributed by atoms with van der Waals surface area (Å²) < 4.78 is 5.74. The van der Waals surface area contributed by atoms with Gasteiger partial charge in [-0.05, 0) is 38.1 Å². The Labute approximate surface area is 114 Å². The molecule has 1 aromatic carbocycles. The molecule has 0 atom stereocenters. The first-order valence-electron chi connectivity index (χ1n) is 6.42. The van der Waals surface area contributed by atoms with Crippen LogP contribution < -0.4 is 10.1 Å². The molecule has 1 aliphatic heterocycles. The van der Waals surface area contributed by atoms with Crippen LogP contribution in [0.1, 0.15) is 13.8 Å². The Balaban J connectivity index is 1.79. The molecule has 0 radical (unpaired) electrons. The lowest BCUT2D eigenvalue weighted by Crippen LogP contribution is -2.58. The predicted octanol–water partition coefficient (Wildman–Crippen LogP) is 2.40. The second kappa shape index (κ2) is 5.91. The zero-order valence-corrected chi connectivity index (χ0v) is 11.8. The van der Waals surface area contributed by atoms with Crippen molar-refractivity contribution >= 4 is 11.6 Å². The molecule has 1 aliphatic rings. The summed E-state index contributed by atoms with van der Waals surface area (Å²) in [6, 6.07) is 7.52. The fourth-order valence-electron chi connectivity index (χ4n) is 2.24. The normalized spacial score (nSPS) is 19.7. The van der Waals surface area contributed by atoms with Gasteiger partial charge in [0.1, 0.15) is 12.4 Å². The molecule has 1 saturated heterocycles. The molecule has 0 aromatic heterocycles. The highest BCUT2D eigenvalue weighted by atomic mass is 35.5. The number of piperazine rings is 1. The molecule has 18 heavy (non-hydrogen) atoms. The zero-order chi connectivity index (χ0) is 13.0. The van der Waals surface area contributed by atoms with Crippen molar-refractivity contribution in [1.82, 2.24) is 10.2 Å². The highest BCUT2D eigenvalue weighted by molar-refractivity contribution is 6.30. The number of hydrogen-bond acceptors (Lipinski definition) is 3. The number of rotatable bonds is 4. The largest absolute Gasteiger partial charge is 0.492 e. The van der Waals surface area contributed by atoms with Crippen LogP contribution in [0.4, 0.5) is 0 Å². The van der Waals surface area contributed by atoms with Crippen LogP contribution >= 0.6 is 11.6 Å².